The van der Waals surface area contributed by atoms with E-state index in [1.165, 1.54) is 5.56 Å². The van der Waals surface area contributed by atoms with Gasteiger partial charge in [-0.15, -0.1) is 0 Å². The number of benzene rings is 3. The van der Waals surface area contributed by atoms with Gasteiger partial charge < -0.3 is 14.4 Å². The molecule has 0 aromatic heterocycles. The zero-order valence-corrected chi connectivity index (χ0v) is 30.8. The van der Waals surface area contributed by atoms with Crippen LogP contribution in [-0.4, -0.2) is 29.6 Å². The van der Waals surface area contributed by atoms with Crippen LogP contribution in [0.3, 0.4) is 0 Å². The largest absolute Gasteiger partial charge is 0.490 e. The maximum absolute atomic E-state index is 14.3. The highest BCUT2D eigenvalue weighted by atomic mass is 127. The van der Waals surface area contributed by atoms with Crippen molar-refractivity contribution in [2.45, 2.75) is 79.2 Å². The topological polar surface area (TPSA) is 55.8 Å². The molecule has 3 aliphatic rings. The van der Waals surface area contributed by atoms with Gasteiger partial charge >= 0.3 is 0 Å². The number of Topliss-reactive ketones (excluding diaryl/α,β-unsaturated/α-hetero) is 2. The van der Waals surface area contributed by atoms with E-state index in [1.807, 2.05) is 43.3 Å². The molecular formula is C40H43ClINO4. The van der Waals surface area contributed by atoms with Crippen molar-refractivity contribution >= 4 is 45.8 Å². The molecule has 3 aromatic carbocycles. The second-order valence-corrected chi connectivity index (χ2v) is 16.2. The quantitative estimate of drug-likeness (QED) is 0.203. The Morgan fingerprint density at radius 2 is 1.43 bits per heavy atom. The number of nitrogens with zero attached hydrogens (tertiary/aromatic N) is 1. The standard InChI is InChI=1S/C40H43ClINO4/c1-6-46-34-19-27(18-29(42)38(34)47-24-26-13-10-14-28(41)17-26)35-36-30(20-39(2,3)22-32(36)44)43(16-15-25-11-8-7-9-12-25)31-21-40(4,5)23-33(45)37(31)35/h7-14,17-19,35H,6,15-16,20-24H2,1-5H3. The molecule has 0 atom stereocenters. The van der Waals surface area contributed by atoms with Crippen LogP contribution >= 0.6 is 34.2 Å². The minimum Gasteiger partial charge on any atom is -0.490 e. The van der Waals surface area contributed by atoms with E-state index >= 15 is 0 Å². The zero-order valence-electron chi connectivity index (χ0n) is 27.9. The Labute approximate surface area is 297 Å². The fraction of sp³-hybridized carbons (Fsp3) is 0.400. The molecule has 0 fully saturated rings. The van der Waals surface area contributed by atoms with Gasteiger partial charge in [0, 0.05) is 52.9 Å². The van der Waals surface area contributed by atoms with Crippen molar-refractivity contribution in [1.29, 1.82) is 0 Å². The van der Waals surface area contributed by atoms with Crippen LogP contribution in [0.5, 0.6) is 11.5 Å². The molecule has 1 aliphatic heterocycles. The monoisotopic (exact) mass is 763 g/mol. The molecule has 0 saturated carbocycles. The van der Waals surface area contributed by atoms with Gasteiger partial charge in [0.1, 0.15) is 6.61 Å². The molecule has 0 saturated heterocycles. The predicted molar refractivity (Wildman–Crippen MR) is 196 cm³/mol. The molecule has 0 unspecified atom stereocenters. The molecule has 2 aliphatic carbocycles. The molecule has 6 rings (SSSR count). The molecule has 1 heterocycles. The third kappa shape index (κ3) is 7.19. The summed E-state index contributed by atoms with van der Waals surface area (Å²) in [5.41, 5.74) is 6.43. The Hall–Kier alpha value is -3.10. The van der Waals surface area contributed by atoms with Gasteiger partial charge in [0.05, 0.1) is 10.2 Å². The third-order valence-corrected chi connectivity index (χ3v) is 10.5. The molecular weight excluding hydrogens is 721 g/mol. The molecule has 0 radical (unpaired) electrons. The second kappa shape index (κ2) is 13.4. The summed E-state index contributed by atoms with van der Waals surface area (Å²) >= 11 is 8.52. The number of ketones is 2. The van der Waals surface area contributed by atoms with Gasteiger partial charge in [-0.05, 0) is 101 Å². The summed E-state index contributed by atoms with van der Waals surface area (Å²) < 4.78 is 13.4. The van der Waals surface area contributed by atoms with Crippen LogP contribution in [0.15, 0.2) is 89.3 Å². The van der Waals surface area contributed by atoms with Crippen molar-refractivity contribution in [1.82, 2.24) is 4.90 Å². The van der Waals surface area contributed by atoms with E-state index in [4.69, 9.17) is 21.1 Å². The lowest BCUT2D eigenvalue weighted by molar-refractivity contribution is -0.119. The Morgan fingerprint density at radius 1 is 0.809 bits per heavy atom. The summed E-state index contributed by atoms with van der Waals surface area (Å²) in [5, 5.41) is 0.657. The molecule has 0 spiro atoms. The number of carbonyl (C=O) groups excluding carboxylic acids is 2. The van der Waals surface area contributed by atoms with Crippen molar-refractivity contribution in [3.8, 4) is 11.5 Å². The van der Waals surface area contributed by atoms with E-state index in [9.17, 15) is 9.59 Å². The summed E-state index contributed by atoms with van der Waals surface area (Å²) in [6.45, 7) is 12.2. The van der Waals surface area contributed by atoms with Crippen molar-refractivity contribution < 1.29 is 19.1 Å². The van der Waals surface area contributed by atoms with E-state index in [2.05, 4.69) is 85.5 Å². The van der Waals surface area contributed by atoms with Gasteiger partial charge in [-0.25, -0.2) is 0 Å². The smallest absolute Gasteiger partial charge is 0.174 e. The van der Waals surface area contributed by atoms with Crippen LogP contribution in [0.1, 0.15) is 82.9 Å². The lowest BCUT2D eigenvalue weighted by atomic mass is 9.63. The Morgan fingerprint density at radius 3 is 2.02 bits per heavy atom. The fourth-order valence-electron chi connectivity index (χ4n) is 7.48. The van der Waals surface area contributed by atoms with Crippen LogP contribution in [0.25, 0.3) is 0 Å². The SMILES string of the molecule is CCOc1cc(C2C3=C(CC(C)(C)CC3=O)N(CCc3ccccc3)C3=C2C(=O)CC(C)(C)C3)cc(I)c1OCc1cccc(Cl)c1. The van der Waals surface area contributed by atoms with Crippen LogP contribution in [0, 0.1) is 14.4 Å². The molecule has 47 heavy (non-hydrogen) atoms. The maximum atomic E-state index is 14.3. The summed E-state index contributed by atoms with van der Waals surface area (Å²) in [5.74, 6) is 1.06. The average molecular weight is 764 g/mol. The van der Waals surface area contributed by atoms with E-state index in [0.717, 1.165) is 63.0 Å². The zero-order chi connectivity index (χ0) is 33.5. The number of hydrogen-bond donors (Lipinski definition) is 0. The molecule has 3 aromatic rings. The van der Waals surface area contributed by atoms with E-state index in [-0.39, 0.29) is 22.4 Å². The first-order chi connectivity index (χ1) is 22.4. The highest BCUT2D eigenvalue weighted by Crippen LogP contribution is 2.55. The van der Waals surface area contributed by atoms with Crippen LogP contribution in [0.2, 0.25) is 5.02 Å². The molecule has 7 heteroatoms. The van der Waals surface area contributed by atoms with E-state index in [1.54, 1.807) is 0 Å². The Bertz CT molecular complexity index is 1720. The first-order valence-electron chi connectivity index (χ1n) is 16.5. The van der Waals surface area contributed by atoms with Gasteiger partial charge in [-0.3, -0.25) is 9.59 Å². The summed E-state index contributed by atoms with van der Waals surface area (Å²) in [6, 6.07) is 22.2. The number of carbonyl (C=O) groups is 2. The van der Waals surface area contributed by atoms with Crippen molar-refractivity contribution in [2.75, 3.05) is 13.2 Å². The van der Waals surface area contributed by atoms with Gasteiger partial charge in [0.15, 0.2) is 23.1 Å². The Balaban J connectivity index is 1.48. The van der Waals surface area contributed by atoms with E-state index < -0.39 is 5.92 Å². The van der Waals surface area contributed by atoms with Gasteiger partial charge in [-0.2, -0.15) is 0 Å². The fourth-order valence-corrected chi connectivity index (χ4v) is 8.47. The van der Waals surface area contributed by atoms with Gasteiger partial charge in [0.25, 0.3) is 0 Å². The highest BCUT2D eigenvalue weighted by Gasteiger charge is 2.49. The van der Waals surface area contributed by atoms with Crippen LogP contribution in [0.4, 0.5) is 0 Å². The molecule has 246 valence electrons. The average Bonchev–Trinajstić information content (AvgIpc) is 2.99. The minimum absolute atomic E-state index is 0.129. The predicted octanol–water partition coefficient (Wildman–Crippen LogP) is 9.85. The number of rotatable bonds is 9. The third-order valence-electron chi connectivity index (χ3n) is 9.43. The summed E-state index contributed by atoms with van der Waals surface area (Å²) in [7, 11) is 0. The van der Waals surface area contributed by atoms with Crippen molar-refractivity contribution in [3.05, 3.63) is 115 Å². The van der Waals surface area contributed by atoms with Crippen molar-refractivity contribution in [2.24, 2.45) is 10.8 Å². The van der Waals surface area contributed by atoms with Crippen LogP contribution < -0.4 is 9.47 Å². The number of hydrogen-bond acceptors (Lipinski definition) is 5. The number of allylic oxidation sites excluding steroid dienone is 4. The molecule has 5 nitrogen and oxygen atoms in total. The number of halogens is 2. The number of ether oxygens (including phenoxy) is 2. The summed E-state index contributed by atoms with van der Waals surface area (Å²) in [4.78, 5) is 31.0. The highest BCUT2D eigenvalue weighted by molar-refractivity contribution is 14.1. The van der Waals surface area contributed by atoms with Crippen molar-refractivity contribution in [3.63, 3.8) is 0 Å². The van der Waals surface area contributed by atoms with E-state index in [0.29, 0.717) is 42.6 Å². The first kappa shape index (κ1) is 33.8. The maximum Gasteiger partial charge on any atom is 0.174 e. The van der Waals surface area contributed by atoms with Crippen LogP contribution in [-0.2, 0) is 22.6 Å². The van der Waals surface area contributed by atoms with Gasteiger partial charge in [-0.1, -0.05) is 81.8 Å². The lowest BCUT2D eigenvalue weighted by Crippen LogP contribution is -2.45. The minimum atomic E-state index is -0.449. The normalized spacial score (nSPS) is 19.1. The second-order valence-electron chi connectivity index (χ2n) is 14.6. The van der Waals surface area contributed by atoms with Gasteiger partial charge in [0.2, 0.25) is 0 Å². The summed E-state index contributed by atoms with van der Waals surface area (Å²) in [6.07, 6.45) is 3.29. The Kier molecular flexibility index (Phi) is 9.65. The molecule has 0 amide bonds. The molecule has 0 bridgehead atoms. The first-order valence-corrected chi connectivity index (χ1v) is 18.0. The molecule has 0 N–H and O–H groups in total. The lowest BCUT2D eigenvalue weighted by Gasteiger charge is -2.49.